The second kappa shape index (κ2) is 3.75. The Morgan fingerprint density at radius 1 is 1.46 bits per heavy atom. The third-order valence-corrected chi connectivity index (χ3v) is 2.58. The summed E-state index contributed by atoms with van der Waals surface area (Å²) in [5.41, 5.74) is 2.88. The van der Waals surface area contributed by atoms with Crippen molar-refractivity contribution in [2.24, 2.45) is 0 Å². The third-order valence-electron chi connectivity index (χ3n) is 1.77. The predicted molar refractivity (Wildman–Crippen MR) is 55.4 cm³/mol. The molecule has 1 aromatic heterocycles. The first-order valence-corrected chi connectivity index (χ1v) is 5.24. The van der Waals surface area contributed by atoms with E-state index in [2.05, 4.69) is 18.0 Å². The minimum Gasteiger partial charge on any atom is -0.494 e. The van der Waals surface area contributed by atoms with Crippen molar-refractivity contribution >= 4 is 21.6 Å². The van der Waals surface area contributed by atoms with Gasteiger partial charge < -0.3 is 4.74 Å². The molecule has 2 nitrogen and oxygen atoms in total. The Kier molecular flexibility index (Phi) is 2.45. The molecule has 0 amide bonds. The van der Waals surface area contributed by atoms with Crippen LogP contribution in [0, 0.1) is 0 Å². The number of fused-ring (bicyclic) bond motifs is 1. The van der Waals surface area contributed by atoms with Crippen LogP contribution in [0.2, 0.25) is 0 Å². The molecule has 1 heterocycles. The van der Waals surface area contributed by atoms with Crippen molar-refractivity contribution in [2.75, 3.05) is 6.61 Å². The standard InChI is InChI=1S/C10H11NOS/c1-2-5-12-8-3-4-10-9(6-8)11-7-13-10/h3-4,6-7H,2,5H2,1H3. The first kappa shape index (κ1) is 8.51. The second-order valence-electron chi connectivity index (χ2n) is 2.83. The fourth-order valence-electron chi connectivity index (χ4n) is 1.15. The summed E-state index contributed by atoms with van der Waals surface area (Å²) in [4.78, 5) is 4.23. The fourth-order valence-corrected chi connectivity index (χ4v) is 1.81. The lowest BCUT2D eigenvalue weighted by Crippen LogP contribution is -1.94. The summed E-state index contributed by atoms with van der Waals surface area (Å²) in [5, 5.41) is 0. The Morgan fingerprint density at radius 2 is 2.38 bits per heavy atom. The smallest absolute Gasteiger partial charge is 0.121 e. The van der Waals surface area contributed by atoms with E-state index in [4.69, 9.17) is 4.74 Å². The summed E-state index contributed by atoms with van der Waals surface area (Å²) in [7, 11) is 0. The van der Waals surface area contributed by atoms with Crippen molar-refractivity contribution in [3.05, 3.63) is 23.7 Å². The SMILES string of the molecule is CCCOc1ccc2scnc2c1. The van der Waals surface area contributed by atoms with E-state index in [9.17, 15) is 0 Å². The maximum atomic E-state index is 5.50. The largest absolute Gasteiger partial charge is 0.494 e. The molecule has 0 bridgehead atoms. The minimum absolute atomic E-state index is 0.773. The minimum atomic E-state index is 0.773. The van der Waals surface area contributed by atoms with Gasteiger partial charge in [0.25, 0.3) is 0 Å². The Hall–Kier alpha value is -1.09. The van der Waals surface area contributed by atoms with Gasteiger partial charge in [-0.25, -0.2) is 4.98 Å². The molecule has 0 N–H and O–H groups in total. The van der Waals surface area contributed by atoms with Gasteiger partial charge in [-0.3, -0.25) is 0 Å². The molecule has 13 heavy (non-hydrogen) atoms. The monoisotopic (exact) mass is 193 g/mol. The van der Waals surface area contributed by atoms with Crippen molar-refractivity contribution in [1.82, 2.24) is 4.98 Å². The zero-order valence-corrected chi connectivity index (χ0v) is 8.30. The van der Waals surface area contributed by atoms with Gasteiger partial charge in [-0.1, -0.05) is 6.92 Å². The van der Waals surface area contributed by atoms with Crippen LogP contribution in [0.3, 0.4) is 0 Å². The molecule has 2 aromatic rings. The number of nitrogens with zero attached hydrogens (tertiary/aromatic N) is 1. The van der Waals surface area contributed by atoms with Crippen LogP contribution in [0.5, 0.6) is 5.75 Å². The Balaban J connectivity index is 2.26. The van der Waals surface area contributed by atoms with Gasteiger partial charge in [0.05, 0.1) is 22.3 Å². The molecule has 0 atom stereocenters. The molecular weight excluding hydrogens is 182 g/mol. The van der Waals surface area contributed by atoms with Crippen LogP contribution in [0.1, 0.15) is 13.3 Å². The summed E-state index contributed by atoms with van der Waals surface area (Å²) >= 11 is 1.65. The van der Waals surface area contributed by atoms with Crippen LogP contribution in [0.4, 0.5) is 0 Å². The summed E-state index contributed by atoms with van der Waals surface area (Å²) in [6, 6.07) is 6.04. The molecule has 1 aromatic carbocycles. The molecule has 0 saturated heterocycles. The van der Waals surface area contributed by atoms with Crippen molar-refractivity contribution < 1.29 is 4.74 Å². The Morgan fingerprint density at radius 3 is 3.23 bits per heavy atom. The maximum Gasteiger partial charge on any atom is 0.121 e. The van der Waals surface area contributed by atoms with Crippen LogP contribution in [0.25, 0.3) is 10.2 Å². The number of hydrogen-bond acceptors (Lipinski definition) is 3. The number of benzene rings is 1. The van der Waals surface area contributed by atoms with Gasteiger partial charge in [0.2, 0.25) is 0 Å². The van der Waals surface area contributed by atoms with Gasteiger partial charge in [-0.2, -0.15) is 0 Å². The molecule has 0 aliphatic rings. The molecule has 0 fully saturated rings. The fraction of sp³-hybridized carbons (Fsp3) is 0.300. The van der Waals surface area contributed by atoms with Crippen molar-refractivity contribution in [1.29, 1.82) is 0 Å². The van der Waals surface area contributed by atoms with Crippen molar-refractivity contribution in [3.8, 4) is 5.75 Å². The third kappa shape index (κ3) is 1.80. The lowest BCUT2D eigenvalue weighted by Gasteiger charge is -2.02. The molecule has 0 radical (unpaired) electrons. The molecule has 0 spiro atoms. The van der Waals surface area contributed by atoms with E-state index in [1.54, 1.807) is 11.3 Å². The van der Waals surface area contributed by atoms with Crippen LogP contribution in [-0.2, 0) is 0 Å². The lowest BCUT2D eigenvalue weighted by molar-refractivity contribution is 0.318. The van der Waals surface area contributed by atoms with E-state index in [1.165, 1.54) is 4.70 Å². The van der Waals surface area contributed by atoms with Crippen molar-refractivity contribution in [3.63, 3.8) is 0 Å². The summed E-state index contributed by atoms with van der Waals surface area (Å²) in [6.07, 6.45) is 1.04. The molecule has 68 valence electrons. The van der Waals surface area contributed by atoms with Gasteiger partial charge in [-0.15, -0.1) is 11.3 Å². The Labute approximate surface area is 81.2 Å². The quantitative estimate of drug-likeness (QED) is 0.747. The van der Waals surface area contributed by atoms with E-state index in [-0.39, 0.29) is 0 Å². The van der Waals surface area contributed by atoms with Gasteiger partial charge >= 0.3 is 0 Å². The van der Waals surface area contributed by atoms with Crippen LogP contribution >= 0.6 is 11.3 Å². The zero-order chi connectivity index (χ0) is 9.10. The zero-order valence-electron chi connectivity index (χ0n) is 7.49. The normalized spacial score (nSPS) is 10.5. The molecule has 0 unspecified atom stereocenters. The summed E-state index contributed by atoms with van der Waals surface area (Å²) < 4.78 is 6.71. The highest BCUT2D eigenvalue weighted by Gasteiger charge is 1.98. The van der Waals surface area contributed by atoms with Crippen LogP contribution in [-0.4, -0.2) is 11.6 Å². The second-order valence-corrected chi connectivity index (χ2v) is 3.72. The van der Waals surface area contributed by atoms with Crippen LogP contribution in [0.15, 0.2) is 23.7 Å². The molecule has 2 rings (SSSR count). The number of hydrogen-bond donors (Lipinski definition) is 0. The number of thiazole rings is 1. The maximum absolute atomic E-state index is 5.50. The van der Waals surface area contributed by atoms with E-state index in [0.29, 0.717) is 0 Å². The highest BCUT2D eigenvalue weighted by molar-refractivity contribution is 7.16. The van der Waals surface area contributed by atoms with E-state index in [1.807, 2.05) is 17.6 Å². The molecule has 3 heteroatoms. The predicted octanol–water partition coefficient (Wildman–Crippen LogP) is 3.09. The van der Waals surface area contributed by atoms with E-state index < -0.39 is 0 Å². The molecule has 0 aliphatic carbocycles. The summed E-state index contributed by atoms with van der Waals surface area (Å²) in [6.45, 7) is 2.87. The van der Waals surface area contributed by atoms with Crippen molar-refractivity contribution in [2.45, 2.75) is 13.3 Å². The van der Waals surface area contributed by atoms with Gasteiger partial charge in [0.1, 0.15) is 5.75 Å². The highest BCUT2D eigenvalue weighted by Crippen LogP contribution is 2.22. The average molecular weight is 193 g/mol. The van der Waals surface area contributed by atoms with E-state index in [0.717, 1.165) is 24.3 Å². The number of ether oxygens (including phenoxy) is 1. The summed E-state index contributed by atoms with van der Waals surface area (Å²) in [5.74, 6) is 0.917. The van der Waals surface area contributed by atoms with E-state index >= 15 is 0 Å². The highest BCUT2D eigenvalue weighted by atomic mass is 32.1. The molecule has 0 saturated carbocycles. The lowest BCUT2D eigenvalue weighted by atomic mass is 10.3. The van der Waals surface area contributed by atoms with Gasteiger partial charge in [-0.05, 0) is 18.6 Å². The Bertz CT molecular complexity index is 396. The van der Waals surface area contributed by atoms with Gasteiger partial charge in [0.15, 0.2) is 0 Å². The topological polar surface area (TPSA) is 22.1 Å². The first-order chi connectivity index (χ1) is 6.40. The average Bonchev–Trinajstić information content (AvgIpc) is 2.61. The molecule has 0 aliphatic heterocycles. The first-order valence-electron chi connectivity index (χ1n) is 4.36. The van der Waals surface area contributed by atoms with Gasteiger partial charge in [0, 0.05) is 6.07 Å². The van der Waals surface area contributed by atoms with Crippen LogP contribution < -0.4 is 4.74 Å². The number of rotatable bonds is 3. The molecular formula is C10H11NOS. The number of aromatic nitrogens is 1.